The lowest BCUT2D eigenvalue weighted by atomic mass is 9.95. The van der Waals surface area contributed by atoms with Crippen LogP contribution in [0.4, 0.5) is 17.1 Å². The van der Waals surface area contributed by atoms with Crippen molar-refractivity contribution in [3.63, 3.8) is 0 Å². The molecule has 0 bridgehead atoms. The Kier molecular flexibility index (Phi) is 8.04. The van der Waals surface area contributed by atoms with Gasteiger partial charge in [-0.05, 0) is 104 Å². The van der Waals surface area contributed by atoms with Crippen LogP contribution in [-0.2, 0) is 16.4 Å². The number of nitrogens with zero attached hydrogens (tertiary/aromatic N) is 4. The van der Waals surface area contributed by atoms with Gasteiger partial charge in [-0.2, -0.15) is 15.6 Å². The lowest BCUT2D eigenvalue weighted by Gasteiger charge is -2.14. The van der Waals surface area contributed by atoms with E-state index in [9.17, 15) is 29.2 Å². The van der Waals surface area contributed by atoms with E-state index in [2.05, 4.69) is 15.0 Å². The van der Waals surface area contributed by atoms with Crippen LogP contribution in [0.1, 0.15) is 38.9 Å². The summed E-state index contributed by atoms with van der Waals surface area (Å²) in [6.07, 6.45) is 0.316. The van der Waals surface area contributed by atoms with Gasteiger partial charge in [0.2, 0.25) is 0 Å². The topological polar surface area (TPSA) is 159 Å². The molecular formula is C34H27N5O4S. The summed E-state index contributed by atoms with van der Waals surface area (Å²) in [6, 6.07) is 25.3. The normalized spacial score (nSPS) is 11.4. The molecule has 0 radical (unpaired) electrons. The van der Waals surface area contributed by atoms with Gasteiger partial charge in [-0.3, -0.25) is 4.72 Å². The Balaban J connectivity index is 1.53. The summed E-state index contributed by atoms with van der Waals surface area (Å²) < 4.78 is 29.1. The predicted molar refractivity (Wildman–Crippen MR) is 168 cm³/mol. The maximum Gasteiger partial charge on any atom is 0.262 e. The van der Waals surface area contributed by atoms with Gasteiger partial charge in [0.1, 0.15) is 23.6 Å². The van der Waals surface area contributed by atoms with Gasteiger partial charge in [-0.15, -0.1) is 5.11 Å². The molecule has 0 aliphatic rings. The number of azo groups is 1. The van der Waals surface area contributed by atoms with E-state index >= 15 is 0 Å². The van der Waals surface area contributed by atoms with Gasteiger partial charge in [0.05, 0.1) is 33.1 Å². The van der Waals surface area contributed by atoms with E-state index in [1.54, 1.807) is 49.4 Å². The maximum absolute atomic E-state index is 13.3. The first-order valence-electron chi connectivity index (χ1n) is 13.5. The fourth-order valence-corrected chi connectivity index (χ4v) is 6.04. The van der Waals surface area contributed by atoms with Crippen LogP contribution < -0.4 is 4.72 Å². The van der Waals surface area contributed by atoms with Crippen LogP contribution in [0.5, 0.6) is 11.5 Å². The minimum atomic E-state index is -4.02. The first kappa shape index (κ1) is 29.8. The molecule has 5 rings (SSSR count). The summed E-state index contributed by atoms with van der Waals surface area (Å²) in [5.41, 5.74) is 5.12. The van der Waals surface area contributed by atoms with Crippen LogP contribution in [-0.4, -0.2) is 18.6 Å². The molecule has 3 N–H and O–H groups in total. The molecule has 0 amide bonds. The second-order valence-electron chi connectivity index (χ2n) is 10.4. The lowest BCUT2D eigenvalue weighted by Crippen LogP contribution is -2.13. The molecule has 0 aliphatic carbocycles. The third-order valence-corrected chi connectivity index (χ3v) is 8.73. The van der Waals surface area contributed by atoms with Gasteiger partial charge in [0, 0.05) is 10.8 Å². The van der Waals surface area contributed by atoms with Crippen LogP contribution in [0.3, 0.4) is 0 Å². The van der Waals surface area contributed by atoms with Gasteiger partial charge >= 0.3 is 0 Å². The molecule has 0 aliphatic heterocycles. The van der Waals surface area contributed by atoms with Gasteiger partial charge in [0.25, 0.3) is 10.0 Å². The van der Waals surface area contributed by atoms with Crippen molar-refractivity contribution < 1.29 is 18.6 Å². The SMILES string of the molecule is Cc1cc(O)c(NS(=O)(=O)c2cccc(Cc3cccc4c(O)c(C)cc(N=Nc5ccc(C#N)c(C#N)c5)c34)c2)cc1C. The Morgan fingerprint density at radius 1 is 0.795 bits per heavy atom. The number of aromatic hydroxyl groups is 2. The molecule has 0 saturated heterocycles. The molecule has 9 nitrogen and oxygen atoms in total. The largest absolute Gasteiger partial charge is 0.507 e. The van der Waals surface area contributed by atoms with E-state index in [-0.39, 0.29) is 33.2 Å². The highest BCUT2D eigenvalue weighted by Gasteiger charge is 2.19. The van der Waals surface area contributed by atoms with Gasteiger partial charge in [-0.1, -0.05) is 30.3 Å². The fourth-order valence-electron chi connectivity index (χ4n) is 4.91. The summed E-state index contributed by atoms with van der Waals surface area (Å²) in [7, 11) is -4.02. The summed E-state index contributed by atoms with van der Waals surface area (Å²) in [4.78, 5) is 0.0283. The summed E-state index contributed by atoms with van der Waals surface area (Å²) in [5, 5.41) is 49.7. The maximum atomic E-state index is 13.3. The third-order valence-electron chi connectivity index (χ3n) is 7.37. The highest BCUT2D eigenvalue weighted by molar-refractivity contribution is 7.92. The Labute approximate surface area is 255 Å². The summed E-state index contributed by atoms with van der Waals surface area (Å²) >= 11 is 0. The molecule has 0 fully saturated rings. The molecule has 44 heavy (non-hydrogen) atoms. The summed E-state index contributed by atoms with van der Waals surface area (Å²) in [5.74, 6) is -0.0649. The Hall–Kier alpha value is -5.71. The van der Waals surface area contributed by atoms with Crippen molar-refractivity contribution in [2.75, 3.05) is 4.72 Å². The van der Waals surface area contributed by atoms with Crippen LogP contribution in [0.15, 0.2) is 94.0 Å². The molecule has 5 aromatic carbocycles. The van der Waals surface area contributed by atoms with E-state index < -0.39 is 10.0 Å². The van der Waals surface area contributed by atoms with E-state index in [1.165, 1.54) is 24.3 Å². The first-order valence-corrected chi connectivity index (χ1v) is 15.0. The molecule has 218 valence electrons. The van der Waals surface area contributed by atoms with E-state index in [4.69, 9.17) is 0 Å². The zero-order valence-electron chi connectivity index (χ0n) is 24.1. The zero-order valence-corrected chi connectivity index (χ0v) is 24.9. The molecule has 5 aromatic rings. The number of hydrogen-bond acceptors (Lipinski definition) is 8. The molecule has 0 atom stereocenters. The van der Waals surface area contributed by atoms with Crippen LogP contribution in [0.25, 0.3) is 10.8 Å². The second-order valence-corrected chi connectivity index (χ2v) is 12.1. The number of rotatable bonds is 7. The number of anilines is 1. The number of phenolic OH excluding ortho intramolecular Hbond substituents is 2. The number of benzene rings is 5. The number of sulfonamides is 1. The summed E-state index contributed by atoms with van der Waals surface area (Å²) in [6.45, 7) is 5.42. The van der Waals surface area contributed by atoms with Crippen molar-refractivity contribution >= 4 is 37.9 Å². The van der Waals surface area contributed by atoms with E-state index in [0.717, 1.165) is 16.7 Å². The van der Waals surface area contributed by atoms with Crippen molar-refractivity contribution in [2.24, 2.45) is 10.2 Å². The van der Waals surface area contributed by atoms with Crippen molar-refractivity contribution in [2.45, 2.75) is 32.1 Å². The van der Waals surface area contributed by atoms with Gasteiger partial charge < -0.3 is 10.2 Å². The van der Waals surface area contributed by atoms with Crippen molar-refractivity contribution in [3.05, 3.63) is 118 Å². The highest BCUT2D eigenvalue weighted by Crippen LogP contribution is 2.39. The monoisotopic (exact) mass is 601 g/mol. The lowest BCUT2D eigenvalue weighted by molar-refractivity contribution is 0.477. The minimum Gasteiger partial charge on any atom is -0.507 e. The second kappa shape index (κ2) is 11.9. The predicted octanol–water partition coefficient (Wildman–Crippen LogP) is 7.73. The minimum absolute atomic E-state index is 0.0283. The standard InChI is InChI=1S/C34H27N5O4S/c1-20-12-30(32(40)14-21(20)2)39-44(42,43)28-8-4-6-23(16-28)15-24-7-5-9-29-33(24)31(13-22(3)34(29)41)38-37-27-11-10-25(18-35)26(17-27)19-36/h4-14,16-17,39-41H,15H2,1-3H3. The zero-order chi connectivity index (χ0) is 31.6. The smallest absolute Gasteiger partial charge is 0.262 e. The molecular weight excluding hydrogens is 574 g/mol. The Morgan fingerprint density at radius 3 is 2.27 bits per heavy atom. The molecule has 0 unspecified atom stereocenters. The molecule has 0 aromatic heterocycles. The van der Waals surface area contributed by atoms with E-state index in [0.29, 0.717) is 39.7 Å². The average molecular weight is 602 g/mol. The number of fused-ring (bicyclic) bond motifs is 1. The number of phenols is 2. The molecule has 0 heterocycles. The van der Waals surface area contributed by atoms with Gasteiger partial charge in [-0.25, -0.2) is 8.42 Å². The molecule has 0 saturated carbocycles. The van der Waals surface area contributed by atoms with Crippen molar-refractivity contribution in [3.8, 4) is 23.6 Å². The Morgan fingerprint density at radius 2 is 1.52 bits per heavy atom. The number of hydrogen-bond donors (Lipinski definition) is 3. The molecule has 10 heteroatoms. The number of nitrogens with one attached hydrogen (secondary N) is 1. The number of nitriles is 2. The van der Waals surface area contributed by atoms with Crippen LogP contribution in [0.2, 0.25) is 0 Å². The number of aryl methyl sites for hydroxylation is 3. The first-order chi connectivity index (χ1) is 21.0. The van der Waals surface area contributed by atoms with Crippen molar-refractivity contribution in [1.82, 2.24) is 0 Å². The highest BCUT2D eigenvalue weighted by atomic mass is 32.2. The Bertz CT molecular complexity index is 2180. The fraction of sp³-hybridized carbons (Fsp3) is 0.118. The van der Waals surface area contributed by atoms with Crippen LogP contribution >= 0.6 is 0 Å². The average Bonchev–Trinajstić information content (AvgIpc) is 3.01. The van der Waals surface area contributed by atoms with Gasteiger partial charge in [0.15, 0.2) is 0 Å². The molecule has 0 spiro atoms. The third kappa shape index (κ3) is 5.93. The van der Waals surface area contributed by atoms with E-state index in [1.807, 2.05) is 38.1 Å². The quantitative estimate of drug-likeness (QED) is 0.128. The van der Waals surface area contributed by atoms with Crippen molar-refractivity contribution in [1.29, 1.82) is 10.5 Å². The van der Waals surface area contributed by atoms with Crippen LogP contribution in [0, 0.1) is 43.4 Å².